The molecule has 0 saturated heterocycles. The van der Waals surface area contributed by atoms with Crippen LogP contribution in [0.2, 0.25) is 0 Å². The van der Waals surface area contributed by atoms with Crippen LogP contribution in [0, 0.1) is 0 Å². The number of amides is 1. The van der Waals surface area contributed by atoms with Gasteiger partial charge in [0.05, 0.1) is 11.4 Å². The zero-order valence-corrected chi connectivity index (χ0v) is 12.2. The third-order valence-corrected chi connectivity index (χ3v) is 3.30. The van der Waals surface area contributed by atoms with E-state index in [9.17, 15) is 4.79 Å². The van der Waals surface area contributed by atoms with E-state index >= 15 is 0 Å². The Morgan fingerprint density at radius 2 is 1.75 bits per heavy atom. The van der Waals surface area contributed by atoms with Crippen molar-refractivity contribution in [2.24, 2.45) is 0 Å². The average molecular weight is 274 g/mol. The Balaban J connectivity index is 2.06. The zero-order chi connectivity index (χ0) is 14.6. The highest BCUT2D eigenvalue weighted by Gasteiger charge is 2.04. The molecule has 0 radical (unpaired) electrons. The number of allylic oxidation sites excluding steroid dienone is 1. The van der Waals surface area contributed by atoms with E-state index in [2.05, 4.69) is 11.9 Å². The summed E-state index contributed by atoms with van der Waals surface area (Å²) in [5.74, 6) is 0.0505. The van der Waals surface area contributed by atoms with E-state index in [1.54, 1.807) is 6.07 Å². The number of rotatable bonds is 10. The van der Waals surface area contributed by atoms with Crippen LogP contribution in [0.1, 0.15) is 51.4 Å². The van der Waals surface area contributed by atoms with E-state index < -0.39 is 0 Å². The predicted octanol–water partition coefficient (Wildman–Crippen LogP) is 4.51. The topological polar surface area (TPSA) is 55.1 Å². The van der Waals surface area contributed by atoms with Crippen LogP contribution >= 0.6 is 0 Å². The normalized spacial score (nSPS) is 10.2. The lowest BCUT2D eigenvalue weighted by Crippen LogP contribution is -2.12. The number of hydrogen-bond acceptors (Lipinski definition) is 2. The molecule has 110 valence electrons. The minimum absolute atomic E-state index is 0.0505. The van der Waals surface area contributed by atoms with Crippen molar-refractivity contribution >= 4 is 17.3 Å². The molecule has 1 aromatic carbocycles. The largest absolute Gasteiger partial charge is 0.397 e. The van der Waals surface area contributed by atoms with Gasteiger partial charge in [0, 0.05) is 6.42 Å². The van der Waals surface area contributed by atoms with Gasteiger partial charge in [-0.3, -0.25) is 4.79 Å². The third-order valence-electron chi connectivity index (χ3n) is 3.30. The van der Waals surface area contributed by atoms with E-state index in [1.165, 1.54) is 25.7 Å². The fraction of sp³-hybridized carbons (Fsp3) is 0.471. The van der Waals surface area contributed by atoms with Crippen LogP contribution in [0.3, 0.4) is 0 Å². The first kappa shape index (κ1) is 16.3. The van der Waals surface area contributed by atoms with Gasteiger partial charge in [-0.2, -0.15) is 0 Å². The first-order chi connectivity index (χ1) is 9.74. The Bertz CT molecular complexity index is 415. The van der Waals surface area contributed by atoms with Gasteiger partial charge in [-0.1, -0.05) is 43.9 Å². The minimum Gasteiger partial charge on any atom is -0.397 e. The summed E-state index contributed by atoms with van der Waals surface area (Å²) in [4.78, 5) is 11.8. The van der Waals surface area contributed by atoms with Crippen molar-refractivity contribution in [3.8, 4) is 0 Å². The fourth-order valence-corrected chi connectivity index (χ4v) is 2.10. The van der Waals surface area contributed by atoms with Crippen LogP contribution < -0.4 is 11.1 Å². The molecule has 0 heterocycles. The maximum absolute atomic E-state index is 11.8. The van der Waals surface area contributed by atoms with Crippen molar-refractivity contribution in [3.63, 3.8) is 0 Å². The van der Waals surface area contributed by atoms with Crippen molar-refractivity contribution < 1.29 is 4.79 Å². The number of nitrogen functional groups attached to an aromatic ring is 1. The molecule has 3 nitrogen and oxygen atoms in total. The summed E-state index contributed by atoms with van der Waals surface area (Å²) >= 11 is 0. The molecule has 0 aromatic heterocycles. The quantitative estimate of drug-likeness (QED) is 0.374. The van der Waals surface area contributed by atoms with Crippen LogP contribution in [-0.4, -0.2) is 5.91 Å². The molecule has 3 heteroatoms. The molecule has 0 atom stereocenters. The Hall–Kier alpha value is -1.77. The van der Waals surface area contributed by atoms with Gasteiger partial charge in [0.15, 0.2) is 0 Å². The summed E-state index contributed by atoms with van der Waals surface area (Å²) in [5, 5.41) is 2.85. The van der Waals surface area contributed by atoms with Gasteiger partial charge in [-0.25, -0.2) is 0 Å². The van der Waals surface area contributed by atoms with E-state index in [-0.39, 0.29) is 5.91 Å². The smallest absolute Gasteiger partial charge is 0.224 e. The molecule has 3 N–H and O–H groups in total. The monoisotopic (exact) mass is 274 g/mol. The summed E-state index contributed by atoms with van der Waals surface area (Å²) in [6.07, 6.45) is 10.7. The molecule has 1 aromatic rings. The third kappa shape index (κ3) is 6.98. The molecule has 0 aliphatic rings. The number of para-hydroxylation sites is 2. The molecule has 0 bridgehead atoms. The van der Waals surface area contributed by atoms with Crippen LogP contribution in [0.15, 0.2) is 36.9 Å². The second kappa shape index (κ2) is 10.1. The van der Waals surface area contributed by atoms with Gasteiger partial charge in [0.1, 0.15) is 0 Å². The maximum atomic E-state index is 11.8. The molecule has 20 heavy (non-hydrogen) atoms. The number of carbonyl (C=O) groups is 1. The van der Waals surface area contributed by atoms with Crippen molar-refractivity contribution in [2.75, 3.05) is 11.1 Å². The van der Waals surface area contributed by atoms with Crippen molar-refractivity contribution in [3.05, 3.63) is 36.9 Å². The van der Waals surface area contributed by atoms with Gasteiger partial charge in [-0.15, -0.1) is 6.58 Å². The molecule has 1 rings (SSSR count). The number of hydrogen-bond donors (Lipinski definition) is 2. The van der Waals surface area contributed by atoms with Gasteiger partial charge < -0.3 is 11.1 Å². The lowest BCUT2D eigenvalue weighted by atomic mass is 10.1. The summed E-state index contributed by atoms with van der Waals surface area (Å²) in [6, 6.07) is 7.35. The SMILES string of the molecule is C=CCCCCCCCCC(=O)Nc1ccccc1N. The summed E-state index contributed by atoms with van der Waals surface area (Å²) in [5.41, 5.74) is 7.11. The van der Waals surface area contributed by atoms with Crippen molar-refractivity contribution in [2.45, 2.75) is 51.4 Å². The molecule has 0 spiro atoms. The van der Waals surface area contributed by atoms with Gasteiger partial charge in [-0.05, 0) is 31.4 Å². The van der Waals surface area contributed by atoms with E-state index in [0.717, 1.165) is 19.3 Å². The highest BCUT2D eigenvalue weighted by Crippen LogP contribution is 2.17. The van der Waals surface area contributed by atoms with Crippen molar-refractivity contribution in [1.29, 1.82) is 0 Å². The van der Waals surface area contributed by atoms with E-state index in [0.29, 0.717) is 17.8 Å². The number of unbranched alkanes of at least 4 members (excludes halogenated alkanes) is 6. The molecular weight excluding hydrogens is 248 g/mol. The summed E-state index contributed by atoms with van der Waals surface area (Å²) in [6.45, 7) is 3.71. The molecule has 1 amide bonds. The van der Waals surface area contributed by atoms with Gasteiger partial charge >= 0.3 is 0 Å². The lowest BCUT2D eigenvalue weighted by molar-refractivity contribution is -0.116. The standard InChI is InChI=1S/C17H26N2O/c1-2-3-4-5-6-7-8-9-14-17(20)19-16-13-11-10-12-15(16)18/h2,10-13H,1,3-9,14,18H2,(H,19,20). The summed E-state index contributed by atoms with van der Waals surface area (Å²) < 4.78 is 0. The molecule has 0 aliphatic carbocycles. The van der Waals surface area contributed by atoms with Crippen LogP contribution in [-0.2, 0) is 4.79 Å². The molecular formula is C17H26N2O. The first-order valence-electron chi connectivity index (χ1n) is 7.49. The van der Waals surface area contributed by atoms with E-state index in [1.807, 2.05) is 24.3 Å². The van der Waals surface area contributed by atoms with Crippen LogP contribution in [0.4, 0.5) is 11.4 Å². The number of anilines is 2. The second-order valence-corrected chi connectivity index (χ2v) is 5.08. The minimum atomic E-state index is 0.0505. The highest BCUT2D eigenvalue weighted by atomic mass is 16.1. The van der Waals surface area contributed by atoms with Crippen LogP contribution in [0.5, 0.6) is 0 Å². The maximum Gasteiger partial charge on any atom is 0.224 e. The highest BCUT2D eigenvalue weighted by molar-refractivity contribution is 5.93. The number of nitrogens with one attached hydrogen (secondary N) is 1. The Morgan fingerprint density at radius 1 is 1.10 bits per heavy atom. The van der Waals surface area contributed by atoms with E-state index in [4.69, 9.17) is 5.73 Å². The average Bonchev–Trinajstić information content (AvgIpc) is 2.44. The summed E-state index contributed by atoms with van der Waals surface area (Å²) in [7, 11) is 0. The number of benzene rings is 1. The molecule has 0 aliphatic heterocycles. The number of carbonyl (C=O) groups excluding carboxylic acids is 1. The zero-order valence-electron chi connectivity index (χ0n) is 12.2. The van der Waals surface area contributed by atoms with Crippen LogP contribution in [0.25, 0.3) is 0 Å². The molecule has 0 fully saturated rings. The lowest BCUT2D eigenvalue weighted by Gasteiger charge is -2.07. The molecule has 0 saturated carbocycles. The fourth-order valence-electron chi connectivity index (χ4n) is 2.10. The Morgan fingerprint density at radius 3 is 2.45 bits per heavy atom. The predicted molar refractivity (Wildman–Crippen MR) is 86.6 cm³/mol. The van der Waals surface area contributed by atoms with Crippen molar-refractivity contribution in [1.82, 2.24) is 0 Å². The number of nitrogens with two attached hydrogens (primary N) is 1. The second-order valence-electron chi connectivity index (χ2n) is 5.08. The first-order valence-corrected chi connectivity index (χ1v) is 7.49. The molecule has 0 unspecified atom stereocenters. The Labute approximate surface area is 122 Å². The van der Waals surface area contributed by atoms with Gasteiger partial charge in [0.2, 0.25) is 5.91 Å². The Kier molecular flexibility index (Phi) is 8.20. The van der Waals surface area contributed by atoms with Gasteiger partial charge in [0.25, 0.3) is 0 Å².